The van der Waals surface area contributed by atoms with Gasteiger partial charge in [0.25, 0.3) is 5.91 Å². The van der Waals surface area contributed by atoms with Gasteiger partial charge in [-0.15, -0.1) is 0 Å². The summed E-state index contributed by atoms with van der Waals surface area (Å²) in [6.45, 7) is 2.21. The zero-order valence-corrected chi connectivity index (χ0v) is 25.6. The van der Waals surface area contributed by atoms with Gasteiger partial charge in [-0.05, 0) is 65.6 Å². The molecule has 0 spiro atoms. The first kappa shape index (κ1) is 31.0. The summed E-state index contributed by atoms with van der Waals surface area (Å²) in [4.78, 5) is 32.1. The van der Waals surface area contributed by atoms with Crippen LogP contribution in [-0.4, -0.2) is 52.1 Å². The lowest BCUT2D eigenvalue weighted by Gasteiger charge is -2.33. The summed E-state index contributed by atoms with van der Waals surface area (Å²) in [5.74, 6) is 0.592. The van der Waals surface area contributed by atoms with Crippen molar-refractivity contribution in [3.8, 4) is 17.2 Å². The quantitative estimate of drug-likeness (QED) is 0.220. The molecule has 0 aliphatic heterocycles. The number of rotatable bonds is 12. The molecule has 0 aliphatic rings. The molecule has 0 unspecified atom stereocenters. The molecule has 0 saturated heterocycles. The third-order valence-electron chi connectivity index (χ3n) is 7.33. The van der Waals surface area contributed by atoms with E-state index in [1.54, 1.807) is 17.0 Å². The Kier molecular flexibility index (Phi) is 10.3. The Morgan fingerprint density at radius 2 is 1.40 bits per heavy atom. The third kappa shape index (κ3) is 7.46. The fraction of sp³-hybridized carbons (Fsp3) is 0.257. The SMILES string of the molecule is COc1cc([C@@H](C(=O)Nc2ccc(N(C)C)cc2)N(Cc2ccccc2C)C(=O)Cc2ccccc2)cc(OC)c1OC. The number of nitrogens with one attached hydrogen (secondary N) is 1. The largest absolute Gasteiger partial charge is 0.493 e. The van der Waals surface area contributed by atoms with Crippen LogP contribution < -0.4 is 24.4 Å². The molecule has 8 nitrogen and oxygen atoms in total. The second-order valence-electron chi connectivity index (χ2n) is 10.4. The van der Waals surface area contributed by atoms with Gasteiger partial charge in [-0.3, -0.25) is 9.59 Å². The molecule has 0 aromatic heterocycles. The average Bonchev–Trinajstić information content (AvgIpc) is 3.01. The van der Waals surface area contributed by atoms with E-state index < -0.39 is 6.04 Å². The Morgan fingerprint density at radius 1 is 0.791 bits per heavy atom. The lowest BCUT2D eigenvalue weighted by molar-refractivity contribution is -0.139. The maximum absolute atomic E-state index is 14.3. The number of hydrogen-bond donors (Lipinski definition) is 1. The van der Waals surface area contributed by atoms with Crippen molar-refractivity contribution in [1.82, 2.24) is 4.90 Å². The molecule has 43 heavy (non-hydrogen) atoms. The van der Waals surface area contributed by atoms with Gasteiger partial charge >= 0.3 is 0 Å². The molecule has 1 N–H and O–H groups in total. The molecule has 0 heterocycles. The van der Waals surface area contributed by atoms with Crippen LogP contribution in [0.2, 0.25) is 0 Å². The molecule has 4 aromatic rings. The summed E-state index contributed by atoms with van der Waals surface area (Å²) in [7, 11) is 8.48. The van der Waals surface area contributed by atoms with Crippen molar-refractivity contribution >= 4 is 23.2 Å². The maximum atomic E-state index is 14.3. The van der Waals surface area contributed by atoms with E-state index in [2.05, 4.69) is 5.32 Å². The fourth-order valence-corrected chi connectivity index (χ4v) is 4.95. The molecule has 8 heteroatoms. The third-order valence-corrected chi connectivity index (χ3v) is 7.33. The number of ether oxygens (including phenoxy) is 3. The molecule has 0 radical (unpaired) electrons. The highest BCUT2D eigenvalue weighted by atomic mass is 16.5. The summed E-state index contributed by atoms with van der Waals surface area (Å²) >= 11 is 0. The van der Waals surface area contributed by atoms with Crippen molar-refractivity contribution in [2.45, 2.75) is 25.9 Å². The minimum Gasteiger partial charge on any atom is -0.493 e. The number of carbonyl (C=O) groups is 2. The summed E-state index contributed by atoms with van der Waals surface area (Å²) in [5.41, 5.74) is 4.93. The predicted octanol–water partition coefficient (Wildman–Crippen LogP) is 6.04. The van der Waals surface area contributed by atoms with Crippen LogP contribution in [0.3, 0.4) is 0 Å². The number of aryl methyl sites for hydroxylation is 1. The molecule has 0 fully saturated rings. The number of carbonyl (C=O) groups excluding carboxylic acids is 2. The summed E-state index contributed by atoms with van der Waals surface area (Å²) < 4.78 is 16.8. The molecule has 0 bridgehead atoms. The first-order chi connectivity index (χ1) is 20.7. The van der Waals surface area contributed by atoms with Gasteiger partial charge in [0, 0.05) is 32.0 Å². The van der Waals surface area contributed by atoms with Crippen LogP contribution in [-0.2, 0) is 22.6 Å². The van der Waals surface area contributed by atoms with Crippen LogP contribution in [0, 0.1) is 6.92 Å². The van der Waals surface area contributed by atoms with Crippen LogP contribution >= 0.6 is 0 Å². The molecular formula is C35H39N3O5. The van der Waals surface area contributed by atoms with Gasteiger partial charge in [0.2, 0.25) is 11.7 Å². The molecule has 1 atom stereocenters. The smallest absolute Gasteiger partial charge is 0.251 e. The Morgan fingerprint density at radius 3 is 1.95 bits per heavy atom. The maximum Gasteiger partial charge on any atom is 0.251 e. The van der Waals surface area contributed by atoms with Crippen LogP contribution in [0.5, 0.6) is 17.2 Å². The van der Waals surface area contributed by atoms with Gasteiger partial charge in [0.15, 0.2) is 11.5 Å². The predicted molar refractivity (Wildman–Crippen MR) is 170 cm³/mol. The van der Waals surface area contributed by atoms with E-state index in [-0.39, 0.29) is 24.8 Å². The van der Waals surface area contributed by atoms with Gasteiger partial charge in [-0.1, -0.05) is 54.6 Å². The summed E-state index contributed by atoms with van der Waals surface area (Å²) in [6.07, 6.45) is 0.123. The molecule has 0 aliphatic carbocycles. The molecule has 4 rings (SSSR count). The van der Waals surface area contributed by atoms with Gasteiger partial charge in [0.1, 0.15) is 6.04 Å². The Bertz CT molecular complexity index is 1510. The van der Waals surface area contributed by atoms with Crippen molar-refractivity contribution in [2.24, 2.45) is 0 Å². The number of benzene rings is 4. The lowest BCUT2D eigenvalue weighted by atomic mass is 9.99. The number of anilines is 2. The average molecular weight is 582 g/mol. The molecule has 4 aromatic carbocycles. The topological polar surface area (TPSA) is 80.3 Å². The van der Waals surface area contributed by atoms with E-state index in [0.717, 1.165) is 22.4 Å². The minimum absolute atomic E-state index is 0.123. The Labute approximate surface area is 253 Å². The molecular weight excluding hydrogens is 542 g/mol. The summed E-state index contributed by atoms with van der Waals surface area (Å²) in [6, 6.07) is 27.3. The van der Waals surface area contributed by atoms with E-state index in [9.17, 15) is 9.59 Å². The Balaban J connectivity index is 1.85. The van der Waals surface area contributed by atoms with E-state index in [1.165, 1.54) is 21.3 Å². The highest BCUT2D eigenvalue weighted by Gasteiger charge is 2.34. The van der Waals surface area contributed by atoms with Gasteiger partial charge in [-0.2, -0.15) is 0 Å². The van der Waals surface area contributed by atoms with Crippen LogP contribution in [0.25, 0.3) is 0 Å². The van der Waals surface area contributed by atoms with Gasteiger partial charge in [-0.25, -0.2) is 0 Å². The highest BCUT2D eigenvalue weighted by molar-refractivity contribution is 5.98. The van der Waals surface area contributed by atoms with Crippen molar-refractivity contribution in [2.75, 3.05) is 45.6 Å². The van der Waals surface area contributed by atoms with Crippen molar-refractivity contribution < 1.29 is 23.8 Å². The monoisotopic (exact) mass is 581 g/mol. The molecule has 0 saturated carbocycles. The van der Waals surface area contributed by atoms with Crippen LogP contribution in [0.15, 0.2) is 91.0 Å². The number of hydrogen-bond acceptors (Lipinski definition) is 6. The zero-order valence-electron chi connectivity index (χ0n) is 25.6. The van der Waals surface area contributed by atoms with Gasteiger partial charge in [0.05, 0.1) is 27.8 Å². The standard InChI is InChI=1S/C35H39N3O5/c1-24-12-10-11-15-26(24)23-38(32(39)20-25-13-8-7-9-14-25)33(27-21-30(41-4)34(43-6)31(22-27)42-5)35(40)36-28-16-18-29(19-17-28)37(2)3/h7-19,21-22,33H,20,23H2,1-6H3,(H,36,40)/t33-/m0/s1. The minimum atomic E-state index is -1.03. The fourth-order valence-electron chi connectivity index (χ4n) is 4.95. The number of nitrogens with zero attached hydrogens (tertiary/aromatic N) is 2. The number of methoxy groups -OCH3 is 3. The van der Waals surface area contributed by atoms with Crippen LogP contribution in [0.1, 0.15) is 28.3 Å². The van der Waals surface area contributed by atoms with E-state index in [1.807, 2.05) is 105 Å². The normalized spacial score (nSPS) is 11.3. The van der Waals surface area contributed by atoms with E-state index in [0.29, 0.717) is 28.5 Å². The van der Waals surface area contributed by atoms with Crippen LogP contribution in [0.4, 0.5) is 11.4 Å². The van der Waals surface area contributed by atoms with E-state index in [4.69, 9.17) is 14.2 Å². The van der Waals surface area contributed by atoms with E-state index >= 15 is 0 Å². The van der Waals surface area contributed by atoms with Crippen molar-refractivity contribution in [1.29, 1.82) is 0 Å². The second kappa shape index (κ2) is 14.3. The number of amides is 2. The van der Waals surface area contributed by atoms with Crippen molar-refractivity contribution in [3.63, 3.8) is 0 Å². The van der Waals surface area contributed by atoms with Crippen molar-refractivity contribution in [3.05, 3.63) is 113 Å². The highest BCUT2D eigenvalue weighted by Crippen LogP contribution is 2.41. The first-order valence-electron chi connectivity index (χ1n) is 14.0. The summed E-state index contributed by atoms with van der Waals surface area (Å²) in [5, 5.41) is 3.05. The molecule has 224 valence electrons. The second-order valence-corrected chi connectivity index (χ2v) is 10.4. The zero-order chi connectivity index (χ0) is 30.9. The molecule has 2 amide bonds. The lowest BCUT2D eigenvalue weighted by Crippen LogP contribution is -2.41. The Hall–Kier alpha value is -4.98. The first-order valence-corrected chi connectivity index (χ1v) is 14.0. The van der Waals surface area contributed by atoms with Gasteiger partial charge < -0.3 is 29.3 Å².